The van der Waals surface area contributed by atoms with E-state index in [0.717, 1.165) is 42.4 Å². The summed E-state index contributed by atoms with van der Waals surface area (Å²) >= 11 is 0. The smallest absolute Gasteiger partial charge is 0.152 e. The fraction of sp³-hybridized carbons (Fsp3) is 0.588. The van der Waals surface area contributed by atoms with Crippen molar-refractivity contribution in [3.63, 3.8) is 0 Å². The van der Waals surface area contributed by atoms with E-state index in [9.17, 15) is 0 Å². The van der Waals surface area contributed by atoms with Gasteiger partial charge in [0.1, 0.15) is 11.5 Å². The second-order valence-corrected chi connectivity index (χ2v) is 6.09. The number of H-pyrrole nitrogens is 1. The van der Waals surface area contributed by atoms with Crippen LogP contribution in [0, 0.1) is 6.92 Å². The standard InChI is InChI=1S/C17H26N4O/c1-3-21-9-5-4-6-15(21)12-18-10-14-11-19-20-17(14)16-8-7-13(2)22-16/h7-8,11,15,18H,3-6,9-10,12H2,1-2H3,(H,19,20). The normalized spacial score (nSPS) is 19.6. The molecule has 1 saturated heterocycles. The first-order chi connectivity index (χ1) is 10.8. The van der Waals surface area contributed by atoms with Gasteiger partial charge in [0.25, 0.3) is 0 Å². The molecule has 1 fully saturated rings. The first-order valence-corrected chi connectivity index (χ1v) is 8.31. The number of rotatable bonds is 6. The maximum Gasteiger partial charge on any atom is 0.152 e. The number of likely N-dealkylation sites (tertiary alicyclic amines) is 1. The molecular formula is C17H26N4O. The molecule has 0 bridgehead atoms. The molecule has 2 aromatic heterocycles. The van der Waals surface area contributed by atoms with Gasteiger partial charge in [-0.05, 0) is 45.0 Å². The van der Waals surface area contributed by atoms with Crippen molar-refractivity contribution in [2.75, 3.05) is 19.6 Å². The highest BCUT2D eigenvalue weighted by atomic mass is 16.3. The number of nitrogens with one attached hydrogen (secondary N) is 2. The summed E-state index contributed by atoms with van der Waals surface area (Å²) in [7, 11) is 0. The zero-order valence-electron chi connectivity index (χ0n) is 13.6. The summed E-state index contributed by atoms with van der Waals surface area (Å²) in [5, 5.41) is 10.8. The molecule has 5 heteroatoms. The molecule has 22 heavy (non-hydrogen) atoms. The van der Waals surface area contributed by atoms with E-state index in [1.54, 1.807) is 0 Å². The number of aromatic nitrogens is 2. The predicted octanol–water partition coefficient (Wildman–Crippen LogP) is 2.94. The Morgan fingerprint density at radius 1 is 1.41 bits per heavy atom. The largest absolute Gasteiger partial charge is 0.460 e. The Balaban J connectivity index is 1.57. The van der Waals surface area contributed by atoms with Gasteiger partial charge in [0.05, 0.1) is 6.20 Å². The summed E-state index contributed by atoms with van der Waals surface area (Å²) in [4.78, 5) is 2.59. The Hall–Kier alpha value is -1.59. The lowest BCUT2D eigenvalue weighted by Crippen LogP contribution is -2.45. The number of furan rings is 1. The molecule has 3 rings (SSSR count). The van der Waals surface area contributed by atoms with E-state index >= 15 is 0 Å². The molecule has 3 heterocycles. The van der Waals surface area contributed by atoms with Crippen LogP contribution in [-0.2, 0) is 6.54 Å². The third-order valence-electron chi connectivity index (χ3n) is 4.56. The molecule has 0 amide bonds. The van der Waals surface area contributed by atoms with Gasteiger partial charge in [0.2, 0.25) is 0 Å². The molecule has 1 atom stereocenters. The maximum atomic E-state index is 5.69. The van der Waals surface area contributed by atoms with Gasteiger partial charge in [-0.3, -0.25) is 10.00 Å². The Kier molecular flexibility index (Phi) is 4.95. The molecule has 0 radical (unpaired) electrons. The van der Waals surface area contributed by atoms with Gasteiger partial charge in [0.15, 0.2) is 5.76 Å². The molecule has 1 aliphatic heterocycles. The van der Waals surface area contributed by atoms with Gasteiger partial charge < -0.3 is 9.73 Å². The fourth-order valence-electron chi connectivity index (χ4n) is 3.31. The first-order valence-electron chi connectivity index (χ1n) is 8.31. The zero-order valence-corrected chi connectivity index (χ0v) is 13.6. The minimum absolute atomic E-state index is 0.667. The molecule has 5 nitrogen and oxygen atoms in total. The van der Waals surface area contributed by atoms with E-state index in [1.807, 2.05) is 25.3 Å². The predicted molar refractivity (Wildman–Crippen MR) is 87.6 cm³/mol. The zero-order chi connectivity index (χ0) is 15.4. The molecule has 1 aliphatic rings. The lowest BCUT2D eigenvalue weighted by molar-refractivity contribution is 0.153. The van der Waals surface area contributed by atoms with Crippen LogP contribution in [0.1, 0.15) is 37.5 Å². The number of nitrogens with zero attached hydrogens (tertiary/aromatic N) is 2. The van der Waals surface area contributed by atoms with Crippen LogP contribution in [0.4, 0.5) is 0 Å². The van der Waals surface area contributed by atoms with Gasteiger partial charge in [0, 0.05) is 24.7 Å². The van der Waals surface area contributed by atoms with E-state index in [2.05, 4.69) is 27.3 Å². The van der Waals surface area contributed by atoms with E-state index in [0.29, 0.717) is 6.04 Å². The van der Waals surface area contributed by atoms with Gasteiger partial charge in [-0.2, -0.15) is 5.10 Å². The molecule has 0 saturated carbocycles. The molecule has 2 aromatic rings. The Morgan fingerprint density at radius 2 is 2.32 bits per heavy atom. The molecule has 120 valence electrons. The van der Waals surface area contributed by atoms with E-state index in [-0.39, 0.29) is 0 Å². The van der Waals surface area contributed by atoms with Crippen LogP contribution in [0.15, 0.2) is 22.7 Å². The quantitative estimate of drug-likeness (QED) is 0.861. The van der Waals surface area contributed by atoms with Gasteiger partial charge in [-0.15, -0.1) is 0 Å². The van der Waals surface area contributed by atoms with Crippen molar-refractivity contribution in [3.8, 4) is 11.5 Å². The molecule has 0 spiro atoms. The molecule has 2 N–H and O–H groups in total. The maximum absolute atomic E-state index is 5.69. The summed E-state index contributed by atoms with van der Waals surface area (Å²) in [6.45, 7) is 8.46. The molecule has 1 unspecified atom stereocenters. The second-order valence-electron chi connectivity index (χ2n) is 6.09. The van der Waals surface area contributed by atoms with E-state index in [4.69, 9.17) is 4.42 Å². The highest BCUT2D eigenvalue weighted by molar-refractivity contribution is 5.56. The number of aromatic amines is 1. The van der Waals surface area contributed by atoms with Crippen LogP contribution in [0.3, 0.4) is 0 Å². The van der Waals surface area contributed by atoms with E-state index < -0.39 is 0 Å². The van der Waals surface area contributed by atoms with Crippen molar-refractivity contribution in [3.05, 3.63) is 29.7 Å². The number of hydrogen-bond acceptors (Lipinski definition) is 4. The van der Waals surface area contributed by atoms with Crippen LogP contribution in [0.2, 0.25) is 0 Å². The average Bonchev–Trinajstić information content (AvgIpc) is 3.16. The van der Waals surface area contributed by atoms with Crippen LogP contribution in [0.5, 0.6) is 0 Å². The Bertz CT molecular complexity index is 589. The minimum Gasteiger partial charge on any atom is -0.460 e. The highest BCUT2D eigenvalue weighted by Crippen LogP contribution is 2.23. The minimum atomic E-state index is 0.667. The lowest BCUT2D eigenvalue weighted by atomic mass is 10.0. The Morgan fingerprint density at radius 3 is 3.09 bits per heavy atom. The van der Waals surface area contributed by atoms with Gasteiger partial charge in [-0.25, -0.2) is 0 Å². The second kappa shape index (κ2) is 7.11. The van der Waals surface area contributed by atoms with Crippen molar-refractivity contribution in [2.24, 2.45) is 0 Å². The van der Waals surface area contributed by atoms with Gasteiger partial charge >= 0.3 is 0 Å². The number of aryl methyl sites for hydroxylation is 1. The van der Waals surface area contributed by atoms with Crippen molar-refractivity contribution in [1.29, 1.82) is 0 Å². The molecule has 0 aromatic carbocycles. The third kappa shape index (κ3) is 3.42. The van der Waals surface area contributed by atoms with Crippen molar-refractivity contribution in [1.82, 2.24) is 20.4 Å². The summed E-state index contributed by atoms with van der Waals surface area (Å²) in [5.41, 5.74) is 2.14. The van der Waals surface area contributed by atoms with E-state index in [1.165, 1.54) is 25.8 Å². The van der Waals surface area contributed by atoms with Crippen LogP contribution in [0.25, 0.3) is 11.5 Å². The lowest BCUT2D eigenvalue weighted by Gasteiger charge is -2.35. The van der Waals surface area contributed by atoms with Crippen molar-refractivity contribution >= 4 is 0 Å². The average molecular weight is 302 g/mol. The number of hydrogen-bond donors (Lipinski definition) is 2. The molecule has 0 aliphatic carbocycles. The highest BCUT2D eigenvalue weighted by Gasteiger charge is 2.20. The Labute approximate surface area is 132 Å². The number of likely N-dealkylation sites (N-methyl/N-ethyl adjacent to an activating group) is 1. The monoisotopic (exact) mass is 302 g/mol. The first kappa shape index (κ1) is 15.3. The third-order valence-corrected chi connectivity index (χ3v) is 4.56. The SMILES string of the molecule is CCN1CCCCC1CNCc1cn[nH]c1-c1ccc(C)o1. The van der Waals surface area contributed by atoms with Crippen LogP contribution >= 0.6 is 0 Å². The van der Waals surface area contributed by atoms with Gasteiger partial charge in [-0.1, -0.05) is 13.3 Å². The summed E-state index contributed by atoms with van der Waals surface area (Å²) < 4.78 is 5.69. The van der Waals surface area contributed by atoms with Crippen molar-refractivity contribution < 1.29 is 4.42 Å². The summed E-state index contributed by atoms with van der Waals surface area (Å²) in [5.74, 6) is 1.78. The topological polar surface area (TPSA) is 57.1 Å². The van der Waals surface area contributed by atoms with Crippen LogP contribution < -0.4 is 5.32 Å². The fourth-order valence-corrected chi connectivity index (χ4v) is 3.31. The summed E-state index contributed by atoms with van der Waals surface area (Å²) in [6, 6.07) is 4.64. The van der Waals surface area contributed by atoms with Crippen LogP contribution in [-0.4, -0.2) is 40.8 Å². The molecular weight excluding hydrogens is 276 g/mol. The number of piperidine rings is 1. The summed E-state index contributed by atoms with van der Waals surface area (Å²) in [6.07, 6.45) is 5.88. The van der Waals surface area contributed by atoms with Crippen molar-refractivity contribution in [2.45, 2.75) is 45.7 Å².